The van der Waals surface area contributed by atoms with Gasteiger partial charge in [0.15, 0.2) is 0 Å². The predicted octanol–water partition coefficient (Wildman–Crippen LogP) is 2.99. The van der Waals surface area contributed by atoms with Gasteiger partial charge < -0.3 is 25.2 Å². The molecule has 2 amide bonds. The molecule has 0 unspecified atom stereocenters. The molecule has 8 nitrogen and oxygen atoms in total. The van der Waals surface area contributed by atoms with Gasteiger partial charge in [-0.25, -0.2) is 14.8 Å². The molecule has 8 heteroatoms. The summed E-state index contributed by atoms with van der Waals surface area (Å²) in [4.78, 5) is 25.6. The van der Waals surface area contributed by atoms with Crippen molar-refractivity contribution in [3.8, 4) is 5.75 Å². The number of anilines is 2. The third-order valence-electron chi connectivity index (χ3n) is 5.36. The minimum Gasteiger partial charge on any atom is -0.490 e. The zero-order valence-electron chi connectivity index (χ0n) is 17.9. The average Bonchev–Trinajstić information content (AvgIpc) is 2.79. The Morgan fingerprint density at radius 2 is 1.83 bits per heavy atom. The molecule has 1 saturated heterocycles. The van der Waals surface area contributed by atoms with Gasteiger partial charge in [0.25, 0.3) is 0 Å². The van der Waals surface area contributed by atoms with E-state index in [9.17, 15) is 4.79 Å². The standard InChI is InChI=1S/C22H32N6O2/c1-3-27(4-2)16-17-30-20-9-6-5-8-19(20)26-22(29)25-18-10-14-28(15-11-18)21-23-12-7-13-24-21/h5-9,12-13,18H,3-4,10-11,14-17H2,1-2H3,(H2,25,26,29). The summed E-state index contributed by atoms with van der Waals surface area (Å²) in [6, 6.07) is 9.29. The van der Waals surface area contributed by atoms with Crippen LogP contribution in [0.4, 0.5) is 16.4 Å². The minimum atomic E-state index is -0.204. The van der Waals surface area contributed by atoms with E-state index in [2.05, 4.69) is 44.2 Å². The molecular formula is C22H32N6O2. The van der Waals surface area contributed by atoms with Crippen molar-refractivity contribution in [1.29, 1.82) is 0 Å². The third kappa shape index (κ3) is 6.32. The Labute approximate surface area is 178 Å². The van der Waals surface area contributed by atoms with Gasteiger partial charge in [0.2, 0.25) is 5.95 Å². The Morgan fingerprint density at radius 3 is 2.53 bits per heavy atom. The molecule has 1 fully saturated rings. The molecule has 2 N–H and O–H groups in total. The molecule has 0 saturated carbocycles. The van der Waals surface area contributed by atoms with Gasteiger partial charge in [0.1, 0.15) is 12.4 Å². The molecule has 1 aliphatic heterocycles. The highest BCUT2D eigenvalue weighted by Gasteiger charge is 2.22. The van der Waals surface area contributed by atoms with Gasteiger partial charge in [0, 0.05) is 38.1 Å². The summed E-state index contributed by atoms with van der Waals surface area (Å²) in [5.74, 6) is 1.44. The van der Waals surface area contributed by atoms with Crippen LogP contribution in [0.25, 0.3) is 0 Å². The van der Waals surface area contributed by atoms with Gasteiger partial charge in [0.05, 0.1) is 5.69 Å². The maximum atomic E-state index is 12.5. The van der Waals surface area contributed by atoms with Gasteiger partial charge >= 0.3 is 6.03 Å². The fraction of sp³-hybridized carbons (Fsp3) is 0.500. The van der Waals surface area contributed by atoms with E-state index < -0.39 is 0 Å². The van der Waals surface area contributed by atoms with Crippen molar-refractivity contribution in [3.63, 3.8) is 0 Å². The number of hydrogen-bond acceptors (Lipinski definition) is 6. The number of urea groups is 1. The smallest absolute Gasteiger partial charge is 0.319 e. The number of para-hydroxylation sites is 2. The molecule has 1 aromatic carbocycles. The van der Waals surface area contributed by atoms with Crippen LogP contribution in [0.3, 0.4) is 0 Å². The second kappa shape index (κ2) is 11.3. The highest BCUT2D eigenvalue weighted by molar-refractivity contribution is 5.91. The van der Waals surface area contributed by atoms with Crippen molar-refractivity contribution in [2.45, 2.75) is 32.7 Å². The van der Waals surface area contributed by atoms with Crippen molar-refractivity contribution >= 4 is 17.7 Å². The molecule has 1 aliphatic rings. The van der Waals surface area contributed by atoms with Crippen molar-refractivity contribution in [3.05, 3.63) is 42.7 Å². The molecule has 3 rings (SSSR count). The van der Waals surface area contributed by atoms with Crippen LogP contribution in [0.15, 0.2) is 42.7 Å². The Bertz CT molecular complexity index is 776. The maximum absolute atomic E-state index is 12.5. The van der Waals surface area contributed by atoms with Crippen molar-refractivity contribution in [2.24, 2.45) is 0 Å². The predicted molar refractivity (Wildman–Crippen MR) is 119 cm³/mol. The highest BCUT2D eigenvalue weighted by atomic mass is 16.5. The Balaban J connectivity index is 1.46. The molecule has 1 aromatic heterocycles. The summed E-state index contributed by atoms with van der Waals surface area (Å²) in [7, 11) is 0. The Hall–Kier alpha value is -2.87. The average molecular weight is 413 g/mol. The number of carbonyl (C=O) groups is 1. The summed E-state index contributed by atoms with van der Waals surface area (Å²) in [5, 5.41) is 6.02. The number of benzene rings is 1. The van der Waals surface area contributed by atoms with Gasteiger partial charge in [-0.2, -0.15) is 0 Å². The van der Waals surface area contributed by atoms with E-state index in [1.165, 1.54) is 0 Å². The minimum absolute atomic E-state index is 0.126. The van der Waals surface area contributed by atoms with Crippen LogP contribution >= 0.6 is 0 Å². The summed E-state index contributed by atoms with van der Waals surface area (Å²) in [6.07, 6.45) is 5.21. The first kappa shape index (κ1) is 21.8. The van der Waals surface area contributed by atoms with Crippen LogP contribution in [-0.2, 0) is 0 Å². The molecular weight excluding hydrogens is 380 g/mol. The molecule has 0 atom stereocenters. The molecule has 30 heavy (non-hydrogen) atoms. The van der Waals surface area contributed by atoms with E-state index in [1.807, 2.05) is 30.3 Å². The van der Waals surface area contributed by atoms with Crippen molar-refractivity contribution in [2.75, 3.05) is 49.5 Å². The molecule has 162 valence electrons. The third-order valence-corrected chi connectivity index (χ3v) is 5.36. The molecule has 0 aliphatic carbocycles. The second-order valence-corrected chi connectivity index (χ2v) is 7.28. The van der Waals surface area contributed by atoms with E-state index in [1.54, 1.807) is 12.4 Å². The fourth-order valence-electron chi connectivity index (χ4n) is 3.54. The molecule has 0 spiro atoms. The SMILES string of the molecule is CCN(CC)CCOc1ccccc1NC(=O)NC1CCN(c2ncccn2)CC1. The normalized spacial score (nSPS) is 14.6. The molecule has 2 aromatic rings. The quantitative estimate of drug-likeness (QED) is 0.659. The van der Waals surface area contributed by atoms with Gasteiger partial charge in [-0.15, -0.1) is 0 Å². The van der Waals surface area contributed by atoms with Gasteiger partial charge in [-0.3, -0.25) is 0 Å². The molecule has 0 radical (unpaired) electrons. The number of aromatic nitrogens is 2. The summed E-state index contributed by atoms with van der Waals surface area (Å²) >= 11 is 0. The maximum Gasteiger partial charge on any atom is 0.319 e. The zero-order valence-corrected chi connectivity index (χ0v) is 17.9. The van der Waals surface area contributed by atoms with Crippen LogP contribution in [0.1, 0.15) is 26.7 Å². The lowest BCUT2D eigenvalue weighted by molar-refractivity contribution is 0.223. The number of nitrogens with zero attached hydrogens (tertiary/aromatic N) is 4. The van der Waals surface area contributed by atoms with E-state index in [-0.39, 0.29) is 12.1 Å². The Kier molecular flexibility index (Phi) is 8.26. The highest BCUT2D eigenvalue weighted by Crippen LogP contribution is 2.24. The van der Waals surface area contributed by atoms with E-state index >= 15 is 0 Å². The monoisotopic (exact) mass is 412 g/mol. The Morgan fingerprint density at radius 1 is 1.13 bits per heavy atom. The molecule has 2 heterocycles. The number of ether oxygens (including phenoxy) is 1. The number of rotatable bonds is 9. The van der Waals surface area contributed by atoms with Gasteiger partial charge in [-0.1, -0.05) is 26.0 Å². The fourth-order valence-corrected chi connectivity index (χ4v) is 3.54. The first-order chi connectivity index (χ1) is 14.7. The lowest BCUT2D eigenvalue weighted by atomic mass is 10.1. The topological polar surface area (TPSA) is 82.6 Å². The number of hydrogen-bond donors (Lipinski definition) is 2. The first-order valence-electron chi connectivity index (χ1n) is 10.7. The van der Waals surface area contributed by atoms with E-state index in [0.29, 0.717) is 18.0 Å². The van der Waals surface area contributed by atoms with Crippen LogP contribution < -0.4 is 20.3 Å². The number of nitrogens with one attached hydrogen (secondary N) is 2. The molecule has 0 bridgehead atoms. The largest absolute Gasteiger partial charge is 0.490 e. The van der Waals surface area contributed by atoms with Crippen LogP contribution in [0.2, 0.25) is 0 Å². The number of amides is 2. The lowest BCUT2D eigenvalue weighted by Gasteiger charge is -2.32. The van der Waals surface area contributed by atoms with E-state index in [0.717, 1.165) is 51.5 Å². The van der Waals surface area contributed by atoms with Crippen molar-refractivity contribution in [1.82, 2.24) is 20.2 Å². The number of piperidine rings is 1. The van der Waals surface area contributed by atoms with E-state index in [4.69, 9.17) is 4.74 Å². The van der Waals surface area contributed by atoms with Crippen LogP contribution in [0, 0.1) is 0 Å². The zero-order chi connectivity index (χ0) is 21.2. The van der Waals surface area contributed by atoms with Gasteiger partial charge in [-0.05, 0) is 44.1 Å². The summed E-state index contributed by atoms with van der Waals surface area (Å²) in [6.45, 7) is 9.36. The summed E-state index contributed by atoms with van der Waals surface area (Å²) in [5.41, 5.74) is 0.685. The lowest BCUT2D eigenvalue weighted by Crippen LogP contribution is -2.46. The van der Waals surface area contributed by atoms with Crippen LogP contribution in [0.5, 0.6) is 5.75 Å². The van der Waals surface area contributed by atoms with Crippen molar-refractivity contribution < 1.29 is 9.53 Å². The second-order valence-electron chi connectivity index (χ2n) is 7.28. The number of likely N-dealkylation sites (N-methyl/N-ethyl adjacent to an activating group) is 1. The van der Waals surface area contributed by atoms with Crippen LogP contribution in [-0.4, -0.2) is 66.3 Å². The summed E-state index contributed by atoms with van der Waals surface area (Å²) < 4.78 is 5.92. The first-order valence-corrected chi connectivity index (χ1v) is 10.7. The number of carbonyl (C=O) groups excluding carboxylic acids is 1.